The van der Waals surface area contributed by atoms with Crippen LogP contribution in [0.2, 0.25) is 0 Å². The van der Waals surface area contributed by atoms with E-state index in [1.165, 1.54) is 0 Å². The van der Waals surface area contributed by atoms with Gasteiger partial charge >= 0.3 is 0 Å². The first-order chi connectivity index (χ1) is 9.69. The summed E-state index contributed by atoms with van der Waals surface area (Å²) >= 11 is 0. The SMILES string of the molecule is COc1cccc(OC(C)C(=O)Nc2cccnc2)c1. The summed E-state index contributed by atoms with van der Waals surface area (Å²) in [5, 5.41) is 2.73. The van der Waals surface area contributed by atoms with Crippen LogP contribution in [0.3, 0.4) is 0 Å². The van der Waals surface area contributed by atoms with Crippen LogP contribution >= 0.6 is 0 Å². The van der Waals surface area contributed by atoms with Gasteiger partial charge < -0.3 is 14.8 Å². The summed E-state index contributed by atoms with van der Waals surface area (Å²) in [5.74, 6) is 1.03. The van der Waals surface area contributed by atoms with Crippen molar-refractivity contribution in [3.63, 3.8) is 0 Å². The number of amides is 1. The fourth-order valence-electron chi connectivity index (χ4n) is 1.61. The number of carbonyl (C=O) groups is 1. The minimum Gasteiger partial charge on any atom is -0.497 e. The maximum Gasteiger partial charge on any atom is 0.265 e. The average molecular weight is 272 g/mol. The first kappa shape index (κ1) is 13.9. The monoisotopic (exact) mass is 272 g/mol. The third-order valence-electron chi connectivity index (χ3n) is 2.65. The van der Waals surface area contributed by atoms with E-state index in [9.17, 15) is 4.79 Å². The van der Waals surface area contributed by atoms with Gasteiger partial charge in [-0.2, -0.15) is 0 Å². The topological polar surface area (TPSA) is 60.5 Å². The van der Waals surface area contributed by atoms with Gasteiger partial charge in [0.2, 0.25) is 0 Å². The fraction of sp³-hybridized carbons (Fsp3) is 0.200. The molecule has 5 heteroatoms. The van der Waals surface area contributed by atoms with Crippen molar-refractivity contribution in [1.29, 1.82) is 0 Å². The van der Waals surface area contributed by atoms with E-state index in [0.29, 0.717) is 17.2 Å². The van der Waals surface area contributed by atoms with Crippen molar-refractivity contribution in [3.05, 3.63) is 48.8 Å². The van der Waals surface area contributed by atoms with E-state index >= 15 is 0 Å². The summed E-state index contributed by atoms with van der Waals surface area (Å²) in [6.07, 6.45) is 2.60. The highest BCUT2D eigenvalue weighted by atomic mass is 16.5. The predicted molar refractivity (Wildman–Crippen MR) is 76.0 cm³/mol. The van der Waals surface area contributed by atoms with Crippen LogP contribution in [0.25, 0.3) is 0 Å². The van der Waals surface area contributed by atoms with E-state index in [4.69, 9.17) is 9.47 Å². The van der Waals surface area contributed by atoms with Crippen LogP contribution in [-0.2, 0) is 4.79 Å². The molecule has 0 aliphatic heterocycles. The van der Waals surface area contributed by atoms with E-state index in [1.54, 1.807) is 56.8 Å². The largest absolute Gasteiger partial charge is 0.497 e. The summed E-state index contributed by atoms with van der Waals surface area (Å²) < 4.78 is 10.7. The molecule has 0 aliphatic carbocycles. The average Bonchev–Trinajstić information content (AvgIpc) is 2.48. The van der Waals surface area contributed by atoms with Crippen LogP contribution in [0.5, 0.6) is 11.5 Å². The summed E-state index contributed by atoms with van der Waals surface area (Å²) in [5.41, 5.74) is 0.638. The fourth-order valence-corrected chi connectivity index (χ4v) is 1.61. The van der Waals surface area contributed by atoms with Crippen molar-refractivity contribution in [2.24, 2.45) is 0 Å². The van der Waals surface area contributed by atoms with Crippen molar-refractivity contribution in [2.75, 3.05) is 12.4 Å². The van der Waals surface area contributed by atoms with Crippen LogP contribution in [0.4, 0.5) is 5.69 Å². The number of hydrogen-bond acceptors (Lipinski definition) is 4. The van der Waals surface area contributed by atoms with Crippen molar-refractivity contribution >= 4 is 11.6 Å². The van der Waals surface area contributed by atoms with Gasteiger partial charge in [0.1, 0.15) is 11.5 Å². The van der Waals surface area contributed by atoms with E-state index < -0.39 is 6.10 Å². The molecule has 0 saturated carbocycles. The molecule has 1 heterocycles. The highest BCUT2D eigenvalue weighted by Gasteiger charge is 2.15. The molecule has 2 aromatic rings. The highest BCUT2D eigenvalue weighted by Crippen LogP contribution is 2.20. The first-order valence-corrected chi connectivity index (χ1v) is 6.20. The number of pyridine rings is 1. The lowest BCUT2D eigenvalue weighted by molar-refractivity contribution is -0.122. The molecule has 104 valence electrons. The Kier molecular flexibility index (Phi) is 4.55. The second-order valence-corrected chi connectivity index (χ2v) is 4.17. The number of carbonyl (C=O) groups excluding carboxylic acids is 1. The first-order valence-electron chi connectivity index (χ1n) is 6.20. The lowest BCUT2D eigenvalue weighted by atomic mass is 10.3. The minimum atomic E-state index is -0.623. The summed E-state index contributed by atoms with van der Waals surface area (Å²) in [6.45, 7) is 1.69. The summed E-state index contributed by atoms with van der Waals surface area (Å²) in [7, 11) is 1.58. The van der Waals surface area contributed by atoms with Gasteiger partial charge in [0.15, 0.2) is 6.10 Å². The molecule has 1 unspecified atom stereocenters. The van der Waals surface area contributed by atoms with Gasteiger partial charge in [0.25, 0.3) is 5.91 Å². The minimum absolute atomic E-state index is 0.235. The smallest absolute Gasteiger partial charge is 0.265 e. The van der Waals surface area contributed by atoms with Crippen molar-refractivity contribution in [1.82, 2.24) is 4.98 Å². The normalized spacial score (nSPS) is 11.5. The standard InChI is InChI=1S/C15H16N2O3/c1-11(15(18)17-12-5-4-8-16-10-12)20-14-7-3-6-13(9-14)19-2/h3-11H,1-2H3,(H,17,18). The van der Waals surface area contributed by atoms with Gasteiger partial charge in [0, 0.05) is 12.3 Å². The van der Waals surface area contributed by atoms with Gasteiger partial charge in [-0.3, -0.25) is 9.78 Å². The molecule has 0 fully saturated rings. The zero-order chi connectivity index (χ0) is 14.4. The Morgan fingerprint density at radius 2 is 2.05 bits per heavy atom. The number of aromatic nitrogens is 1. The van der Waals surface area contributed by atoms with Gasteiger partial charge in [-0.1, -0.05) is 6.07 Å². The lowest BCUT2D eigenvalue weighted by Gasteiger charge is -2.15. The van der Waals surface area contributed by atoms with Crippen LogP contribution in [-0.4, -0.2) is 24.1 Å². The maximum atomic E-state index is 12.0. The van der Waals surface area contributed by atoms with E-state index in [1.807, 2.05) is 6.07 Å². The van der Waals surface area contributed by atoms with Crippen LogP contribution < -0.4 is 14.8 Å². The second kappa shape index (κ2) is 6.56. The number of methoxy groups -OCH3 is 1. The number of rotatable bonds is 5. The molecule has 5 nitrogen and oxygen atoms in total. The molecule has 1 aromatic heterocycles. The van der Waals surface area contributed by atoms with Crippen molar-refractivity contribution in [2.45, 2.75) is 13.0 Å². The Bertz CT molecular complexity index is 572. The van der Waals surface area contributed by atoms with E-state index in [2.05, 4.69) is 10.3 Å². The van der Waals surface area contributed by atoms with Gasteiger partial charge in [-0.05, 0) is 31.2 Å². The van der Waals surface area contributed by atoms with E-state index in [0.717, 1.165) is 0 Å². The number of hydrogen-bond donors (Lipinski definition) is 1. The third-order valence-corrected chi connectivity index (χ3v) is 2.65. The van der Waals surface area contributed by atoms with Crippen LogP contribution in [0, 0.1) is 0 Å². The Morgan fingerprint density at radius 3 is 2.75 bits per heavy atom. The Morgan fingerprint density at radius 1 is 1.25 bits per heavy atom. The Balaban J connectivity index is 1.97. The number of anilines is 1. The molecule has 20 heavy (non-hydrogen) atoms. The third kappa shape index (κ3) is 3.71. The molecule has 1 amide bonds. The van der Waals surface area contributed by atoms with E-state index in [-0.39, 0.29) is 5.91 Å². The lowest BCUT2D eigenvalue weighted by Crippen LogP contribution is -2.30. The van der Waals surface area contributed by atoms with Crippen LogP contribution in [0.15, 0.2) is 48.8 Å². The van der Waals surface area contributed by atoms with Gasteiger partial charge in [-0.15, -0.1) is 0 Å². The number of benzene rings is 1. The molecule has 1 atom stereocenters. The number of ether oxygens (including phenoxy) is 2. The summed E-state index contributed by atoms with van der Waals surface area (Å²) in [4.78, 5) is 15.9. The van der Waals surface area contributed by atoms with Crippen molar-refractivity contribution < 1.29 is 14.3 Å². The molecule has 0 aliphatic rings. The number of nitrogens with zero attached hydrogens (tertiary/aromatic N) is 1. The van der Waals surface area contributed by atoms with Crippen LogP contribution in [0.1, 0.15) is 6.92 Å². The van der Waals surface area contributed by atoms with Gasteiger partial charge in [-0.25, -0.2) is 0 Å². The molecule has 2 rings (SSSR count). The molecular formula is C15H16N2O3. The molecule has 0 spiro atoms. The summed E-state index contributed by atoms with van der Waals surface area (Å²) in [6, 6.07) is 10.6. The second-order valence-electron chi connectivity index (χ2n) is 4.17. The molecule has 1 aromatic carbocycles. The molecule has 1 N–H and O–H groups in total. The number of nitrogens with one attached hydrogen (secondary N) is 1. The van der Waals surface area contributed by atoms with Gasteiger partial charge in [0.05, 0.1) is 19.0 Å². The highest BCUT2D eigenvalue weighted by molar-refractivity contribution is 5.93. The molecular weight excluding hydrogens is 256 g/mol. The molecule has 0 saturated heterocycles. The Hall–Kier alpha value is -2.56. The zero-order valence-electron chi connectivity index (χ0n) is 11.4. The maximum absolute atomic E-state index is 12.0. The van der Waals surface area contributed by atoms with Crippen molar-refractivity contribution in [3.8, 4) is 11.5 Å². The predicted octanol–water partition coefficient (Wildman–Crippen LogP) is 2.50. The Labute approximate surface area is 117 Å². The zero-order valence-corrected chi connectivity index (χ0v) is 11.4. The quantitative estimate of drug-likeness (QED) is 0.908. The molecule has 0 radical (unpaired) electrons. The molecule has 0 bridgehead atoms.